The molecule has 5 atom stereocenters. The third kappa shape index (κ3) is 54.6. The first-order chi connectivity index (χ1) is 66.9. The minimum Gasteiger partial charge on any atom is -0.491 e. The third-order valence-corrected chi connectivity index (χ3v) is 41.2. The van der Waals surface area contributed by atoms with Crippen LogP contribution >= 0.6 is 145 Å². The summed E-state index contributed by atoms with van der Waals surface area (Å²) >= 11 is 18.1. The fraction of sp³-hybridized carbons (Fsp3) is 0.436. The molecular weight excluding hydrogens is 2240 g/mol. The maximum atomic E-state index is 12.5. The molecular formula is C101H143Br3FLi2N5O21P4S6Si. The van der Waals surface area contributed by atoms with Gasteiger partial charge in [-0.05, 0) is 247 Å². The summed E-state index contributed by atoms with van der Waals surface area (Å²) in [6.45, 7) is 49.4. The normalized spacial score (nSPS) is 14.0. The number of aromatic carboxylic acids is 3. The monoisotopic (exact) mass is 2380 g/mol. The number of hydrogen-bond donors (Lipinski definition) is 4. The fourth-order valence-corrected chi connectivity index (χ4v) is 28.2. The van der Waals surface area contributed by atoms with Gasteiger partial charge < -0.3 is 66.6 Å². The smallest absolute Gasteiger partial charge is 0.491 e. The topological polar surface area (TPSA) is 353 Å². The Morgan fingerprint density at radius 1 is 0.465 bits per heavy atom. The summed E-state index contributed by atoms with van der Waals surface area (Å²) in [5.41, 5.74) is 1.19. The van der Waals surface area contributed by atoms with Crippen LogP contribution in [0.2, 0.25) is 18.1 Å². The molecule has 2 saturated heterocycles. The first-order valence-corrected chi connectivity index (χ1v) is 64.1. The van der Waals surface area contributed by atoms with Crippen molar-refractivity contribution in [2.24, 2.45) is 0 Å². The van der Waals surface area contributed by atoms with Crippen LogP contribution in [-0.2, 0) is 36.4 Å². The number of carbonyl (C=O) groups excluding carboxylic acids is 3. The summed E-state index contributed by atoms with van der Waals surface area (Å²) in [6.07, 6.45) is 6.62. The van der Waals surface area contributed by atoms with E-state index in [9.17, 15) is 61.6 Å². The van der Waals surface area contributed by atoms with Crippen LogP contribution in [0, 0.1) is 31.0 Å². The average Bonchev–Trinajstić information content (AvgIpc) is 1.69. The predicted molar refractivity (Wildman–Crippen MR) is 602 cm³/mol. The van der Waals surface area contributed by atoms with Gasteiger partial charge in [-0.1, -0.05) is 126 Å². The number of carboxylic acid groups (broad SMARTS) is 3. The molecule has 12 rings (SSSR count). The van der Waals surface area contributed by atoms with E-state index in [1.54, 1.807) is 119 Å². The number of rotatable bonds is 33. The van der Waals surface area contributed by atoms with E-state index < -0.39 is 59.3 Å². The summed E-state index contributed by atoms with van der Waals surface area (Å²) in [5, 5.41) is 50.0. The maximum absolute atomic E-state index is 12.5. The molecule has 0 radical (unpaired) electrons. The Bertz CT molecular complexity index is 5430. The average molecular weight is 2380 g/mol. The van der Waals surface area contributed by atoms with Crippen LogP contribution in [0.4, 0.5) is 4.39 Å². The van der Waals surface area contributed by atoms with Gasteiger partial charge in [0.15, 0.2) is 18.9 Å². The Morgan fingerprint density at radius 2 is 0.799 bits per heavy atom. The van der Waals surface area contributed by atoms with E-state index in [0.29, 0.717) is 109 Å². The van der Waals surface area contributed by atoms with Gasteiger partial charge in [0.25, 0.3) is 0 Å². The Morgan fingerprint density at radius 3 is 1.10 bits per heavy atom. The van der Waals surface area contributed by atoms with E-state index in [2.05, 4.69) is 168 Å². The molecule has 4 N–H and O–H groups in total. The molecule has 2 aliphatic heterocycles. The van der Waals surface area contributed by atoms with E-state index >= 15 is 0 Å². The van der Waals surface area contributed by atoms with E-state index in [4.69, 9.17) is 47.8 Å². The summed E-state index contributed by atoms with van der Waals surface area (Å²) in [5.74, 6) is -1.92. The molecule has 0 saturated carbocycles. The van der Waals surface area contributed by atoms with Crippen molar-refractivity contribution in [2.75, 3.05) is 107 Å². The number of aldehydes is 3. The van der Waals surface area contributed by atoms with Gasteiger partial charge >= 0.3 is 55.6 Å². The second-order valence-electron chi connectivity index (χ2n) is 32.3. The van der Waals surface area contributed by atoms with Crippen LogP contribution < -0.4 is 70.4 Å². The number of nitriles is 1. The number of carbonyl (C=O) groups is 6. The number of nitrogens with zero attached hydrogens (tertiary/aromatic N) is 5. The fourth-order valence-electron chi connectivity index (χ4n) is 12.3. The second kappa shape index (κ2) is 75.5. The molecule has 43 heteroatoms. The molecule has 0 aliphatic carbocycles. The van der Waals surface area contributed by atoms with Crippen molar-refractivity contribution in [1.29, 1.82) is 5.26 Å². The van der Waals surface area contributed by atoms with Gasteiger partial charge in [0.1, 0.15) is 29.2 Å². The van der Waals surface area contributed by atoms with E-state index in [1.807, 2.05) is 83.4 Å². The second-order valence-corrected chi connectivity index (χ2v) is 56.6. The van der Waals surface area contributed by atoms with Crippen LogP contribution in [0.15, 0.2) is 170 Å². The number of aliphatic hydroxyl groups excluding tert-OH is 1. The molecule has 0 bridgehead atoms. The molecule has 0 amide bonds. The number of benzene rings is 4. The summed E-state index contributed by atoms with van der Waals surface area (Å²) in [6, 6.07) is 46.4. The Kier molecular flexibility index (Phi) is 73.8. The minimum atomic E-state index is -2.92. The Labute approximate surface area is 928 Å². The van der Waals surface area contributed by atoms with Gasteiger partial charge in [-0.15, -0.1) is 68.0 Å². The summed E-state index contributed by atoms with van der Waals surface area (Å²) in [4.78, 5) is 78.1. The van der Waals surface area contributed by atoms with Crippen LogP contribution in [0.25, 0.3) is 0 Å². The maximum Gasteiger partial charge on any atom is 1.00 e. The van der Waals surface area contributed by atoms with Crippen molar-refractivity contribution in [1.82, 2.24) is 19.6 Å². The molecule has 2 fully saturated rings. The predicted octanol–water partition coefficient (Wildman–Crippen LogP) is 21.4. The zero-order valence-electron chi connectivity index (χ0n) is 87.5. The number of carboxylic acids is 3. The molecule has 5 unspecified atom stereocenters. The van der Waals surface area contributed by atoms with Crippen molar-refractivity contribution in [3.05, 3.63) is 247 Å². The molecule has 8 heterocycles. The van der Waals surface area contributed by atoms with Crippen molar-refractivity contribution in [3.8, 4) is 23.3 Å². The van der Waals surface area contributed by atoms with E-state index in [1.165, 1.54) is 154 Å². The number of likely N-dealkylation sites (N-methyl/N-ethyl adjacent to an activating group) is 4. The first-order valence-electron chi connectivity index (χ1n) is 46.0. The third-order valence-electron chi connectivity index (χ3n) is 19.3. The van der Waals surface area contributed by atoms with Crippen molar-refractivity contribution in [3.63, 3.8) is 0 Å². The van der Waals surface area contributed by atoms with Gasteiger partial charge in [-0.25, -0.2) is 18.8 Å². The van der Waals surface area contributed by atoms with Gasteiger partial charge in [0.2, 0.25) is 29.5 Å². The molecule has 4 aromatic carbocycles. The number of thiophene rings is 6. The van der Waals surface area contributed by atoms with Crippen LogP contribution in [0.1, 0.15) is 234 Å². The summed E-state index contributed by atoms with van der Waals surface area (Å²) in [7, 11) is -2.44. The molecule has 0 spiro atoms. The van der Waals surface area contributed by atoms with Gasteiger partial charge in [-0.2, -0.15) is 18.1 Å². The van der Waals surface area contributed by atoms with Crippen LogP contribution in [0.5, 0.6) is 17.2 Å². The van der Waals surface area contributed by atoms with Crippen molar-refractivity contribution < 1.29 is 142 Å². The molecule has 6 aromatic heterocycles. The van der Waals surface area contributed by atoms with E-state index in [0.717, 1.165) is 54.3 Å². The molecule has 144 heavy (non-hydrogen) atoms. The van der Waals surface area contributed by atoms with Crippen LogP contribution in [-0.4, -0.2) is 211 Å². The number of ether oxygens (including phenoxy) is 3. The number of unbranched alkanes of at least 4 members (excludes halogenated alkanes) is 2. The first kappa shape index (κ1) is 141. The Balaban J connectivity index is 0. The molecule has 2 aliphatic rings. The van der Waals surface area contributed by atoms with Gasteiger partial charge in [-0.3, -0.25) is 52.2 Å². The standard InChI is InChI=1S/C18H23O6PS.C12H21N2O2PS.2C10H11BrO3.C9H14N2S.2C8H11O3PS.C7H3BrFN.C6H16Si.C5H4OS.2C4H9.2Li/c1-5-23-25(4,22)16-7-6-15(26-16)17(19)12-8-13(18(20)21)10-14(9-12)24-11(2)3;1-5-16-17(4,15)11-7-6-10(18-11)12-13(2)8-9-14(12)3;2*1-6(2)14-9-4-7(10(12)13)3-8(11)5-9;1-10-5-6-11(2)9(10)8-4-3-7-12-8;2*1-3-11-12(2,10)8-5-4-7(6-9)13-8;8-6-1-5(4-10)2-7(9)3-6;1-4-7(5-2)6-3;6-4-5-2-1-3-7-5;2*1-3-4-2;;/h6-11,17,19H,5H2,1-4H3,(H,20,21);6-7,12H,5,8-9H2,1-4H3;2*3-6H,1-2H3,(H,12,13);3-4,7,9H,5-6H2,1-2H3;2*4-6H,3H2,1-2H3;1-3H;7H,4-6H2,1-3H3;1-4H;2*1,3-4H2,2H3;;/q;;;;;;;;;;2*-1;2*+1. The number of aliphatic hydroxyl groups is 1. The zero-order chi connectivity index (χ0) is 108. The van der Waals surface area contributed by atoms with Gasteiger partial charge in [0, 0.05) is 89.7 Å². The quantitative estimate of drug-likeness (QED) is 0.0128. The largest absolute Gasteiger partial charge is 1.00 e. The van der Waals surface area contributed by atoms with Crippen molar-refractivity contribution in [2.45, 2.75) is 184 Å². The van der Waals surface area contributed by atoms with E-state index in [-0.39, 0.29) is 81.5 Å². The molecule has 26 nitrogen and oxygen atoms in total. The Hall–Kier alpha value is -5.27. The number of hydrogen-bond acceptors (Lipinski definition) is 29. The van der Waals surface area contributed by atoms with Crippen LogP contribution in [0.3, 0.4) is 0 Å². The number of halogens is 4. The molecule has 10 aromatic rings. The SMILES string of the molecule is CC(C)Oc1cc(Br)cc(C(=O)O)c1.CC(C)Oc1cc(Br)cc(C(=O)O)c1.CCOP(C)(=O)c1ccc(C(O)c2cc(OC(C)C)cc(C(=O)O)c2)s1.CCOP(C)(=O)c1ccc(C2N(C)CCN2C)s1.CCOP(C)(=O)c1ccc(C=O)s1.CCOP(C)(=O)c1ccc(C=O)s1.CC[SiH](CC)CC.CN1CCN(C)C1c1cccs1.N#Cc1cc(F)cc(Br)c1.O=Cc1cccs1.[CH2-]CCC.[CH2-]CCC.[Li+].[Li+]. The molecule has 788 valence electrons. The summed E-state index contributed by atoms with van der Waals surface area (Å²) < 4.78 is 103. The zero-order valence-corrected chi connectivity index (χ0v) is 102. The van der Waals surface area contributed by atoms with Crippen molar-refractivity contribution >= 4 is 209 Å². The van der Waals surface area contributed by atoms with Gasteiger partial charge in [0.05, 0.1) is 118 Å². The minimum absolute atomic E-state index is 0.